The molecule has 0 unspecified atom stereocenters. The fourth-order valence-electron chi connectivity index (χ4n) is 5.12. The SMILES string of the molecule is CCOc1c(C)[nH]c2ccc3c(c2c1=O)[C@@H]1CC[C@@H](O1)[C@@]3(O)c1cc(F)ccc1OC. The van der Waals surface area contributed by atoms with Crippen LogP contribution in [0, 0.1) is 12.7 Å². The summed E-state index contributed by atoms with van der Waals surface area (Å²) in [6, 6.07) is 7.63. The Morgan fingerprint density at radius 3 is 2.81 bits per heavy atom. The first-order valence-electron chi connectivity index (χ1n) is 10.4. The minimum absolute atomic E-state index is 0.243. The van der Waals surface area contributed by atoms with E-state index in [4.69, 9.17) is 14.2 Å². The fraction of sp³-hybridized carbons (Fsp3) is 0.375. The number of aryl methyl sites for hydroxylation is 1. The van der Waals surface area contributed by atoms with Crippen molar-refractivity contribution in [1.82, 2.24) is 4.98 Å². The summed E-state index contributed by atoms with van der Waals surface area (Å²) in [5.41, 5.74) is 0.839. The highest BCUT2D eigenvalue weighted by Crippen LogP contribution is 2.54. The maximum atomic E-state index is 14.2. The summed E-state index contributed by atoms with van der Waals surface area (Å²) in [5, 5.41) is 12.5. The van der Waals surface area contributed by atoms with E-state index >= 15 is 0 Å². The summed E-state index contributed by atoms with van der Waals surface area (Å²) >= 11 is 0. The van der Waals surface area contributed by atoms with Crippen LogP contribution >= 0.6 is 0 Å². The third-order valence-corrected chi connectivity index (χ3v) is 6.42. The number of hydrogen-bond acceptors (Lipinski definition) is 5. The lowest BCUT2D eigenvalue weighted by molar-refractivity contribution is -0.102. The highest BCUT2D eigenvalue weighted by atomic mass is 19.1. The van der Waals surface area contributed by atoms with Gasteiger partial charge in [-0.3, -0.25) is 4.79 Å². The van der Waals surface area contributed by atoms with Crippen molar-refractivity contribution < 1.29 is 23.7 Å². The van der Waals surface area contributed by atoms with Gasteiger partial charge in [0.15, 0.2) is 5.75 Å². The van der Waals surface area contributed by atoms with Crippen LogP contribution in [0.2, 0.25) is 0 Å². The molecule has 1 saturated heterocycles. The Morgan fingerprint density at radius 1 is 1.26 bits per heavy atom. The Hall–Kier alpha value is -2.90. The van der Waals surface area contributed by atoms with Gasteiger partial charge in [0.1, 0.15) is 17.2 Å². The Balaban J connectivity index is 1.87. The van der Waals surface area contributed by atoms with Gasteiger partial charge < -0.3 is 24.3 Å². The molecule has 3 atom stereocenters. The van der Waals surface area contributed by atoms with Crippen molar-refractivity contribution in [2.45, 2.75) is 44.5 Å². The van der Waals surface area contributed by atoms with E-state index in [9.17, 15) is 14.3 Å². The van der Waals surface area contributed by atoms with Crippen molar-refractivity contribution in [1.29, 1.82) is 0 Å². The van der Waals surface area contributed by atoms with Crippen LogP contribution in [-0.2, 0) is 10.3 Å². The molecule has 6 nitrogen and oxygen atoms in total. The predicted octanol–water partition coefficient (Wildman–Crippen LogP) is 3.85. The molecule has 2 aliphatic heterocycles. The number of aromatic amines is 1. The highest BCUT2D eigenvalue weighted by molar-refractivity contribution is 5.86. The molecule has 3 heterocycles. The zero-order chi connectivity index (χ0) is 21.9. The summed E-state index contributed by atoms with van der Waals surface area (Å²) in [6.07, 6.45) is 0.309. The second kappa shape index (κ2) is 7.07. The van der Waals surface area contributed by atoms with E-state index < -0.39 is 17.5 Å². The Kier molecular flexibility index (Phi) is 4.57. The van der Waals surface area contributed by atoms with Gasteiger partial charge >= 0.3 is 0 Å². The molecule has 0 radical (unpaired) electrons. The number of pyridine rings is 1. The molecule has 31 heavy (non-hydrogen) atoms. The topological polar surface area (TPSA) is 80.8 Å². The monoisotopic (exact) mass is 425 g/mol. The maximum Gasteiger partial charge on any atom is 0.231 e. The molecule has 1 fully saturated rings. The van der Waals surface area contributed by atoms with Gasteiger partial charge in [-0.15, -0.1) is 0 Å². The molecule has 0 aliphatic carbocycles. The average molecular weight is 425 g/mol. The summed E-state index contributed by atoms with van der Waals surface area (Å²) in [5.74, 6) is 0.130. The van der Waals surface area contributed by atoms with Gasteiger partial charge in [-0.2, -0.15) is 0 Å². The number of rotatable bonds is 4. The first-order chi connectivity index (χ1) is 14.9. The fourth-order valence-corrected chi connectivity index (χ4v) is 5.12. The molecule has 3 aromatic rings. The number of H-pyrrole nitrogens is 1. The van der Waals surface area contributed by atoms with Crippen LogP contribution < -0.4 is 14.9 Å². The molecule has 2 aliphatic rings. The van der Waals surface area contributed by atoms with Crippen LogP contribution in [0.15, 0.2) is 35.1 Å². The van der Waals surface area contributed by atoms with Crippen molar-refractivity contribution in [3.8, 4) is 11.5 Å². The first kappa shape index (κ1) is 20.0. The number of halogens is 1. The van der Waals surface area contributed by atoms with Crippen molar-refractivity contribution >= 4 is 10.9 Å². The second-order valence-electron chi connectivity index (χ2n) is 8.09. The lowest BCUT2D eigenvalue weighted by atomic mass is 9.77. The van der Waals surface area contributed by atoms with E-state index in [1.807, 2.05) is 6.92 Å². The van der Waals surface area contributed by atoms with E-state index in [1.165, 1.54) is 25.3 Å². The average Bonchev–Trinajstić information content (AvgIpc) is 3.21. The Bertz CT molecular complexity index is 1250. The third kappa shape index (κ3) is 2.73. The number of methoxy groups -OCH3 is 1. The van der Waals surface area contributed by atoms with Crippen LogP contribution in [0.25, 0.3) is 10.9 Å². The summed E-state index contributed by atoms with van der Waals surface area (Å²) in [6.45, 7) is 3.97. The normalized spacial score (nSPS) is 24.3. The van der Waals surface area contributed by atoms with Crippen molar-refractivity contribution in [2.24, 2.45) is 0 Å². The minimum Gasteiger partial charge on any atom is -0.496 e. The maximum absolute atomic E-state index is 14.2. The number of hydrogen-bond donors (Lipinski definition) is 2. The van der Waals surface area contributed by atoms with Gasteiger partial charge in [-0.25, -0.2) is 4.39 Å². The zero-order valence-corrected chi connectivity index (χ0v) is 17.6. The second-order valence-corrected chi connectivity index (χ2v) is 8.09. The van der Waals surface area contributed by atoms with Gasteiger partial charge in [0, 0.05) is 11.1 Å². The Morgan fingerprint density at radius 2 is 2.06 bits per heavy atom. The van der Waals surface area contributed by atoms with Crippen molar-refractivity contribution in [3.63, 3.8) is 0 Å². The van der Waals surface area contributed by atoms with Gasteiger partial charge in [-0.05, 0) is 56.5 Å². The molecule has 1 aromatic heterocycles. The number of fused-ring (bicyclic) bond motifs is 6. The molecular weight excluding hydrogens is 401 g/mol. The summed E-state index contributed by atoms with van der Waals surface area (Å²) in [7, 11) is 1.48. The molecule has 2 aromatic carbocycles. The predicted molar refractivity (Wildman–Crippen MR) is 113 cm³/mol. The number of nitrogens with one attached hydrogen (secondary N) is 1. The van der Waals surface area contributed by atoms with Gasteiger partial charge in [-0.1, -0.05) is 6.07 Å². The van der Waals surface area contributed by atoms with Crippen LogP contribution in [-0.4, -0.2) is 29.9 Å². The van der Waals surface area contributed by atoms with Crippen LogP contribution in [0.1, 0.15) is 48.3 Å². The van der Waals surface area contributed by atoms with Gasteiger partial charge in [0.2, 0.25) is 5.43 Å². The van der Waals surface area contributed by atoms with E-state index in [-0.39, 0.29) is 22.8 Å². The smallest absolute Gasteiger partial charge is 0.231 e. The Labute approximate surface area is 178 Å². The van der Waals surface area contributed by atoms with E-state index in [2.05, 4.69) is 4.98 Å². The first-order valence-corrected chi connectivity index (χ1v) is 10.4. The van der Waals surface area contributed by atoms with Crippen LogP contribution in [0.3, 0.4) is 0 Å². The quantitative estimate of drug-likeness (QED) is 0.664. The third-order valence-electron chi connectivity index (χ3n) is 6.42. The van der Waals surface area contributed by atoms with E-state index in [1.54, 1.807) is 19.1 Å². The standard InChI is InChI=1S/C24H24FNO5/c1-4-30-23-12(2)26-16-7-6-14-20(21(16)22(23)27)18-9-10-19(31-18)24(14,28)15-11-13(25)5-8-17(15)29-3/h5-8,11,18-19,28H,4,9-10H2,1-3H3,(H,26,27)/t18-,19+,24-/m0/s1. The van der Waals surface area contributed by atoms with Gasteiger partial charge in [0.25, 0.3) is 0 Å². The van der Waals surface area contributed by atoms with Crippen molar-refractivity contribution in [2.75, 3.05) is 13.7 Å². The molecule has 0 spiro atoms. The molecule has 162 valence electrons. The largest absolute Gasteiger partial charge is 0.496 e. The number of benzene rings is 2. The van der Waals surface area contributed by atoms with Gasteiger partial charge in [0.05, 0.1) is 42.5 Å². The number of ether oxygens (including phenoxy) is 3. The molecule has 0 amide bonds. The number of aromatic nitrogens is 1. The summed E-state index contributed by atoms with van der Waals surface area (Å²) in [4.78, 5) is 16.7. The van der Waals surface area contributed by atoms with Crippen LogP contribution in [0.5, 0.6) is 11.5 Å². The van der Waals surface area contributed by atoms with E-state index in [0.717, 1.165) is 0 Å². The van der Waals surface area contributed by atoms with E-state index in [0.29, 0.717) is 52.9 Å². The van der Waals surface area contributed by atoms with Crippen molar-refractivity contribution in [3.05, 3.63) is 68.8 Å². The molecule has 2 bridgehead atoms. The zero-order valence-electron chi connectivity index (χ0n) is 17.6. The molecule has 2 N–H and O–H groups in total. The summed E-state index contributed by atoms with van der Waals surface area (Å²) < 4.78 is 31.5. The molecular formula is C24H24FNO5. The van der Waals surface area contributed by atoms with Crippen LogP contribution in [0.4, 0.5) is 4.39 Å². The highest BCUT2D eigenvalue weighted by Gasteiger charge is 2.53. The lowest BCUT2D eigenvalue weighted by Gasteiger charge is -2.41. The minimum atomic E-state index is -1.66. The molecule has 0 saturated carbocycles. The number of aliphatic hydroxyl groups is 1. The molecule has 7 heteroatoms. The lowest BCUT2D eigenvalue weighted by Crippen LogP contribution is -2.44. The molecule has 5 rings (SSSR count).